The van der Waals surface area contributed by atoms with Crippen LogP contribution in [0, 0.1) is 11.8 Å². The Morgan fingerprint density at radius 2 is 1.95 bits per heavy atom. The molecule has 0 aromatic heterocycles. The molecule has 2 rings (SSSR count). The molecule has 2 heteroatoms. The van der Waals surface area contributed by atoms with Gasteiger partial charge in [0.2, 0.25) is 0 Å². The quantitative estimate of drug-likeness (QED) is 0.808. The third kappa shape index (κ3) is 3.95. The van der Waals surface area contributed by atoms with Gasteiger partial charge in [0.15, 0.2) is 0 Å². The molecule has 1 N–H and O–H groups in total. The highest BCUT2D eigenvalue weighted by molar-refractivity contribution is 4.96. The van der Waals surface area contributed by atoms with Crippen molar-refractivity contribution in [3.05, 3.63) is 0 Å². The maximum atomic E-state index is 6.24. The summed E-state index contributed by atoms with van der Waals surface area (Å²) in [5.74, 6) is 1.76. The van der Waals surface area contributed by atoms with Gasteiger partial charge in [0.1, 0.15) is 0 Å². The predicted molar refractivity (Wildman–Crippen MR) is 81.4 cm³/mol. The number of nitrogens with one attached hydrogen (secondary N) is 1. The van der Waals surface area contributed by atoms with E-state index < -0.39 is 0 Å². The van der Waals surface area contributed by atoms with Crippen molar-refractivity contribution in [2.75, 3.05) is 13.2 Å². The Balaban J connectivity index is 2.01. The maximum Gasteiger partial charge on any atom is 0.0809 e. The molecule has 0 aromatic carbocycles. The number of hydrogen-bond donors (Lipinski definition) is 1. The summed E-state index contributed by atoms with van der Waals surface area (Å²) in [7, 11) is 0. The largest absolute Gasteiger partial charge is 0.374 e. The first kappa shape index (κ1) is 15.3. The highest BCUT2D eigenvalue weighted by Gasteiger charge is 2.41. The van der Waals surface area contributed by atoms with E-state index in [2.05, 4.69) is 26.1 Å². The van der Waals surface area contributed by atoms with Gasteiger partial charge >= 0.3 is 0 Å². The molecule has 2 nitrogen and oxygen atoms in total. The summed E-state index contributed by atoms with van der Waals surface area (Å²) in [6.45, 7) is 9.12. The number of ether oxygens (including phenoxy) is 1. The zero-order valence-corrected chi connectivity index (χ0v) is 13.2. The van der Waals surface area contributed by atoms with Gasteiger partial charge in [-0.1, -0.05) is 26.7 Å². The van der Waals surface area contributed by atoms with Crippen molar-refractivity contribution in [2.45, 2.75) is 83.8 Å². The average Bonchev–Trinajstić information content (AvgIpc) is 2.42. The van der Waals surface area contributed by atoms with Crippen LogP contribution in [0.4, 0.5) is 0 Å². The molecule has 0 spiro atoms. The molecule has 2 unspecified atom stereocenters. The SMILES string of the molecule is CCCNC(C1CCC(C)CC1)C1(C)CCCCO1. The molecule has 19 heavy (non-hydrogen) atoms. The van der Waals surface area contributed by atoms with Crippen LogP contribution in [0.2, 0.25) is 0 Å². The van der Waals surface area contributed by atoms with E-state index in [9.17, 15) is 0 Å². The second kappa shape index (κ2) is 7.08. The third-order valence-electron chi connectivity index (χ3n) is 5.30. The second-order valence-corrected chi connectivity index (χ2v) is 7.07. The van der Waals surface area contributed by atoms with Crippen molar-refractivity contribution in [1.29, 1.82) is 0 Å². The standard InChI is InChI=1S/C17H33NO/c1-4-12-18-16(15-9-7-14(2)8-10-15)17(3)11-5-6-13-19-17/h14-16,18H,4-13H2,1-3H3. The van der Waals surface area contributed by atoms with Crippen LogP contribution in [-0.2, 0) is 4.74 Å². The van der Waals surface area contributed by atoms with Crippen LogP contribution >= 0.6 is 0 Å². The van der Waals surface area contributed by atoms with Crippen LogP contribution in [0.15, 0.2) is 0 Å². The Morgan fingerprint density at radius 3 is 2.53 bits per heavy atom. The summed E-state index contributed by atoms with van der Waals surface area (Å²) >= 11 is 0. The van der Waals surface area contributed by atoms with Gasteiger partial charge in [-0.2, -0.15) is 0 Å². The molecule has 0 bridgehead atoms. The first-order valence-electron chi connectivity index (χ1n) is 8.53. The van der Waals surface area contributed by atoms with E-state index in [1.165, 1.54) is 51.4 Å². The topological polar surface area (TPSA) is 21.3 Å². The minimum atomic E-state index is 0.0820. The first-order valence-corrected chi connectivity index (χ1v) is 8.53. The number of rotatable bonds is 5. The maximum absolute atomic E-state index is 6.24. The monoisotopic (exact) mass is 267 g/mol. The summed E-state index contributed by atoms with van der Waals surface area (Å²) < 4.78 is 6.24. The van der Waals surface area contributed by atoms with Crippen molar-refractivity contribution in [2.24, 2.45) is 11.8 Å². The number of hydrogen-bond acceptors (Lipinski definition) is 2. The van der Waals surface area contributed by atoms with Gasteiger partial charge in [-0.3, -0.25) is 0 Å². The molecule has 112 valence electrons. The molecule has 2 fully saturated rings. The van der Waals surface area contributed by atoms with Crippen LogP contribution in [0.25, 0.3) is 0 Å². The average molecular weight is 267 g/mol. The van der Waals surface area contributed by atoms with E-state index in [1.54, 1.807) is 0 Å². The zero-order valence-electron chi connectivity index (χ0n) is 13.2. The minimum Gasteiger partial charge on any atom is -0.374 e. The first-order chi connectivity index (χ1) is 9.15. The van der Waals surface area contributed by atoms with Crippen LogP contribution in [0.5, 0.6) is 0 Å². The Bertz CT molecular complexity index is 252. The molecule has 1 heterocycles. The fourth-order valence-electron chi connectivity index (χ4n) is 4.00. The lowest BCUT2D eigenvalue weighted by molar-refractivity contribution is -0.104. The minimum absolute atomic E-state index is 0.0820. The van der Waals surface area contributed by atoms with Gasteiger partial charge in [0.05, 0.1) is 5.60 Å². The summed E-state index contributed by atoms with van der Waals surface area (Å²) in [6, 6.07) is 0.570. The molecule has 2 aliphatic rings. The van der Waals surface area contributed by atoms with Crippen LogP contribution in [0.3, 0.4) is 0 Å². The molecule has 0 amide bonds. The van der Waals surface area contributed by atoms with E-state index in [4.69, 9.17) is 4.74 Å². The predicted octanol–water partition coefficient (Wildman–Crippen LogP) is 4.14. The fraction of sp³-hybridized carbons (Fsp3) is 1.00. The third-order valence-corrected chi connectivity index (χ3v) is 5.30. The highest BCUT2D eigenvalue weighted by Crippen LogP contribution is 2.38. The molecule has 0 radical (unpaired) electrons. The van der Waals surface area contributed by atoms with E-state index in [0.29, 0.717) is 6.04 Å². The lowest BCUT2D eigenvalue weighted by Gasteiger charge is -2.46. The van der Waals surface area contributed by atoms with Crippen LogP contribution in [0.1, 0.15) is 72.1 Å². The summed E-state index contributed by atoms with van der Waals surface area (Å²) in [4.78, 5) is 0. The molecule has 1 saturated heterocycles. The van der Waals surface area contributed by atoms with Gasteiger partial charge < -0.3 is 10.1 Å². The Hall–Kier alpha value is -0.0800. The van der Waals surface area contributed by atoms with E-state index >= 15 is 0 Å². The van der Waals surface area contributed by atoms with Crippen molar-refractivity contribution < 1.29 is 4.74 Å². The van der Waals surface area contributed by atoms with Crippen molar-refractivity contribution in [3.8, 4) is 0 Å². The molecular weight excluding hydrogens is 234 g/mol. The van der Waals surface area contributed by atoms with E-state index in [1.807, 2.05) is 0 Å². The molecular formula is C17H33NO. The lowest BCUT2D eigenvalue weighted by Crippen LogP contribution is -2.56. The van der Waals surface area contributed by atoms with Crippen molar-refractivity contribution in [1.82, 2.24) is 5.32 Å². The summed E-state index contributed by atoms with van der Waals surface area (Å²) in [5.41, 5.74) is 0.0820. The Labute approximate surface area is 119 Å². The molecule has 2 atom stereocenters. The smallest absolute Gasteiger partial charge is 0.0809 e. The highest BCUT2D eigenvalue weighted by atomic mass is 16.5. The van der Waals surface area contributed by atoms with Crippen molar-refractivity contribution >= 4 is 0 Å². The Kier molecular flexibility index (Phi) is 5.70. The van der Waals surface area contributed by atoms with Gasteiger partial charge in [-0.25, -0.2) is 0 Å². The molecule has 1 saturated carbocycles. The van der Waals surface area contributed by atoms with Crippen LogP contribution < -0.4 is 5.32 Å². The molecule has 1 aliphatic carbocycles. The zero-order chi connectivity index (χ0) is 13.7. The lowest BCUT2D eigenvalue weighted by atomic mass is 9.72. The van der Waals surface area contributed by atoms with Crippen LogP contribution in [-0.4, -0.2) is 24.8 Å². The van der Waals surface area contributed by atoms with Gasteiger partial charge in [-0.15, -0.1) is 0 Å². The van der Waals surface area contributed by atoms with E-state index in [0.717, 1.165) is 25.0 Å². The normalized spacial score (nSPS) is 38.1. The second-order valence-electron chi connectivity index (χ2n) is 7.07. The van der Waals surface area contributed by atoms with E-state index in [-0.39, 0.29) is 5.60 Å². The summed E-state index contributed by atoms with van der Waals surface area (Å²) in [5, 5.41) is 3.84. The fourth-order valence-corrected chi connectivity index (χ4v) is 4.00. The van der Waals surface area contributed by atoms with Gasteiger partial charge in [0, 0.05) is 12.6 Å². The molecule has 1 aliphatic heterocycles. The van der Waals surface area contributed by atoms with Crippen molar-refractivity contribution in [3.63, 3.8) is 0 Å². The Morgan fingerprint density at radius 1 is 1.21 bits per heavy atom. The summed E-state index contributed by atoms with van der Waals surface area (Å²) in [6.07, 6.45) is 10.6. The van der Waals surface area contributed by atoms with Gasteiger partial charge in [-0.05, 0) is 63.8 Å². The van der Waals surface area contributed by atoms with Gasteiger partial charge in [0.25, 0.3) is 0 Å². The molecule has 0 aromatic rings.